The molecular weight excluding hydrogens is 226 g/mol. The summed E-state index contributed by atoms with van der Waals surface area (Å²) in [4.78, 5) is 12.1. The summed E-state index contributed by atoms with van der Waals surface area (Å²) in [5.74, 6) is 0.459. The van der Waals surface area contributed by atoms with E-state index in [1.165, 1.54) is 0 Å². The lowest BCUT2D eigenvalue weighted by Gasteiger charge is -2.18. The smallest absolute Gasteiger partial charge is 0.168 e. The zero-order valence-electron chi connectivity index (χ0n) is 11.7. The number of ketones is 1. The van der Waals surface area contributed by atoms with E-state index >= 15 is 0 Å². The van der Waals surface area contributed by atoms with Crippen LogP contribution in [-0.2, 0) is 0 Å². The molecule has 0 aromatic heterocycles. The highest BCUT2D eigenvalue weighted by atomic mass is 16.3. The summed E-state index contributed by atoms with van der Waals surface area (Å²) >= 11 is 0. The molecule has 0 radical (unpaired) electrons. The van der Waals surface area contributed by atoms with Crippen LogP contribution in [0.4, 0.5) is 0 Å². The largest absolute Gasteiger partial charge is 0.507 e. The molecular formula is C15H23NO2. The molecule has 1 rings (SSSR count). The number of Topliss-reactive ketones (excluding diaryl/α,β-unsaturated/α-hetero) is 1. The van der Waals surface area contributed by atoms with Gasteiger partial charge in [0.05, 0.1) is 5.56 Å². The molecule has 0 saturated carbocycles. The molecule has 1 aromatic carbocycles. The van der Waals surface area contributed by atoms with Gasteiger partial charge in [-0.25, -0.2) is 0 Å². The van der Waals surface area contributed by atoms with Gasteiger partial charge in [-0.3, -0.25) is 4.79 Å². The average Bonchev–Trinajstić information content (AvgIpc) is 2.27. The van der Waals surface area contributed by atoms with Gasteiger partial charge >= 0.3 is 0 Å². The van der Waals surface area contributed by atoms with Gasteiger partial charge in [0.15, 0.2) is 5.78 Å². The van der Waals surface area contributed by atoms with E-state index in [9.17, 15) is 9.90 Å². The van der Waals surface area contributed by atoms with Gasteiger partial charge in [0, 0.05) is 6.42 Å². The van der Waals surface area contributed by atoms with Crippen molar-refractivity contribution in [2.75, 3.05) is 6.54 Å². The van der Waals surface area contributed by atoms with Crippen LogP contribution in [0.15, 0.2) is 12.1 Å². The van der Waals surface area contributed by atoms with E-state index in [0.717, 1.165) is 11.1 Å². The van der Waals surface area contributed by atoms with Crippen molar-refractivity contribution in [2.24, 2.45) is 5.73 Å². The number of hydrogen-bond donors (Lipinski definition) is 2. The van der Waals surface area contributed by atoms with Gasteiger partial charge < -0.3 is 10.8 Å². The summed E-state index contributed by atoms with van der Waals surface area (Å²) in [6.45, 7) is 8.34. The second-order valence-corrected chi connectivity index (χ2v) is 5.24. The third kappa shape index (κ3) is 2.91. The van der Waals surface area contributed by atoms with Crippen molar-refractivity contribution in [1.29, 1.82) is 0 Å². The molecule has 3 heteroatoms. The number of phenols is 1. The molecule has 0 aliphatic rings. The van der Waals surface area contributed by atoms with Crippen molar-refractivity contribution < 1.29 is 9.90 Å². The maximum atomic E-state index is 12.1. The van der Waals surface area contributed by atoms with E-state index in [1.54, 1.807) is 0 Å². The predicted molar refractivity (Wildman–Crippen MR) is 74.3 cm³/mol. The van der Waals surface area contributed by atoms with Crippen molar-refractivity contribution >= 4 is 5.78 Å². The van der Waals surface area contributed by atoms with Crippen molar-refractivity contribution in [3.63, 3.8) is 0 Å². The van der Waals surface area contributed by atoms with Crippen molar-refractivity contribution in [2.45, 2.75) is 46.0 Å². The Hall–Kier alpha value is -1.35. The molecule has 0 saturated heterocycles. The summed E-state index contributed by atoms with van der Waals surface area (Å²) in [5, 5.41) is 10.3. The Morgan fingerprint density at radius 2 is 1.67 bits per heavy atom. The second-order valence-electron chi connectivity index (χ2n) is 5.24. The van der Waals surface area contributed by atoms with E-state index in [2.05, 4.69) is 0 Å². The van der Waals surface area contributed by atoms with Gasteiger partial charge in [-0.15, -0.1) is 0 Å². The fraction of sp³-hybridized carbons (Fsp3) is 0.533. The van der Waals surface area contributed by atoms with Crippen molar-refractivity contribution in [1.82, 2.24) is 0 Å². The van der Waals surface area contributed by atoms with Gasteiger partial charge in [0.25, 0.3) is 0 Å². The number of benzene rings is 1. The molecule has 0 unspecified atom stereocenters. The Morgan fingerprint density at radius 3 is 2.11 bits per heavy atom. The predicted octanol–water partition coefficient (Wildman–Crippen LogP) is 3.17. The molecule has 0 bridgehead atoms. The summed E-state index contributed by atoms with van der Waals surface area (Å²) in [7, 11) is 0. The summed E-state index contributed by atoms with van der Waals surface area (Å²) < 4.78 is 0. The molecule has 18 heavy (non-hydrogen) atoms. The van der Waals surface area contributed by atoms with E-state index in [1.807, 2.05) is 39.8 Å². The number of rotatable bonds is 5. The highest BCUT2D eigenvalue weighted by Gasteiger charge is 2.21. The minimum atomic E-state index is -0.0683. The minimum absolute atomic E-state index is 0.0683. The maximum Gasteiger partial charge on any atom is 0.168 e. The first-order valence-corrected chi connectivity index (χ1v) is 6.49. The molecule has 0 heterocycles. The molecule has 0 atom stereocenters. The fourth-order valence-corrected chi connectivity index (χ4v) is 2.12. The third-order valence-electron chi connectivity index (χ3n) is 3.14. The molecule has 0 amide bonds. The van der Waals surface area contributed by atoms with Crippen LogP contribution < -0.4 is 5.73 Å². The summed E-state index contributed by atoms with van der Waals surface area (Å²) in [6, 6.07) is 3.86. The summed E-state index contributed by atoms with van der Waals surface area (Å²) in [6.07, 6.45) is 0.273. The number of phenolic OH excluding ortho intramolecular Hbond substituents is 1. The SMILES string of the molecule is CC(C)c1ccc(C(C)C)c(C(=O)CCN)c1O. The molecule has 0 spiro atoms. The number of carbonyl (C=O) groups is 1. The molecule has 0 fully saturated rings. The van der Waals surface area contributed by atoms with Crippen LogP contribution >= 0.6 is 0 Å². The Bertz CT molecular complexity index is 436. The highest BCUT2D eigenvalue weighted by Crippen LogP contribution is 2.35. The standard InChI is InChI=1S/C15H23NO2/c1-9(2)11-5-6-12(10(3)4)15(18)14(11)13(17)7-8-16/h5-6,9-10,18H,7-8,16H2,1-4H3. The first-order chi connectivity index (χ1) is 8.40. The maximum absolute atomic E-state index is 12.1. The second kappa shape index (κ2) is 6.01. The lowest BCUT2D eigenvalue weighted by atomic mass is 9.88. The Balaban J connectivity index is 3.40. The van der Waals surface area contributed by atoms with Gasteiger partial charge in [0.1, 0.15) is 5.75 Å². The molecule has 3 nitrogen and oxygen atoms in total. The number of hydrogen-bond acceptors (Lipinski definition) is 3. The lowest BCUT2D eigenvalue weighted by molar-refractivity contribution is 0.0981. The molecule has 3 N–H and O–H groups in total. The van der Waals surface area contributed by atoms with E-state index in [4.69, 9.17) is 5.73 Å². The zero-order valence-corrected chi connectivity index (χ0v) is 11.7. The van der Waals surface area contributed by atoms with Gasteiger partial charge in [-0.2, -0.15) is 0 Å². The first-order valence-electron chi connectivity index (χ1n) is 6.49. The van der Waals surface area contributed by atoms with Crippen LogP contribution in [0.25, 0.3) is 0 Å². The van der Waals surface area contributed by atoms with Crippen molar-refractivity contribution in [3.8, 4) is 5.75 Å². The van der Waals surface area contributed by atoms with E-state index in [-0.39, 0.29) is 29.8 Å². The summed E-state index contributed by atoms with van der Waals surface area (Å²) in [5.41, 5.74) is 7.62. The van der Waals surface area contributed by atoms with Crippen LogP contribution in [0.1, 0.15) is 67.4 Å². The molecule has 0 aliphatic carbocycles. The topological polar surface area (TPSA) is 63.3 Å². The zero-order chi connectivity index (χ0) is 13.9. The van der Waals surface area contributed by atoms with Gasteiger partial charge in [0.2, 0.25) is 0 Å². The number of aromatic hydroxyl groups is 1. The van der Waals surface area contributed by atoms with E-state index in [0.29, 0.717) is 12.1 Å². The van der Waals surface area contributed by atoms with Crippen LogP contribution in [0.2, 0.25) is 0 Å². The monoisotopic (exact) mass is 249 g/mol. The lowest BCUT2D eigenvalue weighted by Crippen LogP contribution is -2.12. The Kier molecular flexibility index (Phi) is 4.91. The van der Waals surface area contributed by atoms with Crippen LogP contribution in [0.3, 0.4) is 0 Å². The van der Waals surface area contributed by atoms with Crippen molar-refractivity contribution in [3.05, 3.63) is 28.8 Å². The van der Waals surface area contributed by atoms with Crippen LogP contribution in [0, 0.1) is 0 Å². The number of carbonyl (C=O) groups excluding carboxylic acids is 1. The van der Waals surface area contributed by atoms with E-state index < -0.39 is 0 Å². The minimum Gasteiger partial charge on any atom is -0.507 e. The quantitative estimate of drug-likeness (QED) is 0.788. The van der Waals surface area contributed by atoms with Gasteiger partial charge in [-0.05, 0) is 29.5 Å². The third-order valence-corrected chi connectivity index (χ3v) is 3.14. The molecule has 1 aromatic rings. The fourth-order valence-electron chi connectivity index (χ4n) is 2.12. The highest BCUT2D eigenvalue weighted by molar-refractivity contribution is 6.00. The normalized spacial score (nSPS) is 11.3. The van der Waals surface area contributed by atoms with Crippen LogP contribution in [-0.4, -0.2) is 17.4 Å². The Labute approximate surface area is 109 Å². The average molecular weight is 249 g/mol. The molecule has 100 valence electrons. The molecule has 0 aliphatic heterocycles. The van der Waals surface area contributed by atoms with Gasteiger partial charge in [-0.1, -0.05) is 39.8 Å². The Morgan fingerprint density at radius 1 is 1.17 bits per heavy atom. The number of nitrogens with two attached hydrogens (primary N) is 1. The van der Waals surface area contributed by atoms with Crippen LogP contribution in [0.5, 0.6) is 5.75 Å². The first kappa shape index (κ1) is 14.7.